The van der Waals surface area contributed by atoms with Gasteiger partial charge in [-0.15, -0.1) is 10.2 Å². The minimum Gasteiger partial charge on any atom is -0.357 e. The zero-order valence-electron chi connectivity index (χ0n) is 15.2. The highest BCUT2D eigenvalue weighted by Gasteiger charge is 2.14. The third kappa shape index (κ3) is 4.81. The summed E-state index contributed by atoms with van der Waals surface area (Å²) in [4.78, 5) is 4.72. The Morgan fingerprint density at radius 2 is 2.24 bits per heavy atom. The molecule has 136 valence electrons. The molecule has 0 spiro atoms. The van der Waals surface area contributed by atoms with Crippen molar-refractivity contribution in [1.29, 1.82) is 0 Å². The molecule has 0 saturated heterocycles. The Hall–Kier alpha value is -1.89. The van der Waals surface area contributed by atoms with E-state index in [0.29, 0.717) is 12.5 Å². The smallest absolute Gasteiger partial charge is 0.191 e. The topological polar surface area (TPSA) is 67.1 Å². The fraction of sp³-hybridized carbons (Fsp3) is 0.611. The molecule has 0 aromatic carbocycles. The molecule has 2 aromatic rings. The lowest BCUT2D eigenvalue weighted by atomic mass is 10.1. The van der Waals surface area contributed by atoms with Gasteiger partial charge in [0.25, 0.3) is 0 Å². The summed E-state index contributed by atoms with van der Waals surface area (Å²) >= 11 is 1.74. The molecule has 2 N–H and O–H groups in total. The van der Waals surface area contributed by atoms with Gasteiger partial charge < -0.3 is 15.2 Å². The summed E-state index contributed by atoms with van der Waals surface area (Å²) in [5, 5.41) is 19.8. The fourth-order valence-electron chi connectivity index (χ4n) is 3.08. The molecule has 0 radical (unpaired) electrons. The lowest BCUT2D eigenvalue weighted by Gasteiger charge is -2.15. The zero-order chi connectivity index (χ0) is 17.5. The molecule has 2 aromatic heterocycles. The number of thiophene rings is 1. The largest absolute Gasteiger partial charge is 0.357 e. The lowest BCUT2D eigenvalue weighted by Crippen LogP contribution is -2.39. The quantitative estimate of drug-likeness (QED) is 0.614. The summed E-state index contributed by atoms with van der Waals surface area (Å²) in [5.74, 6) is 3.39. The maximum Gasteiger partial charge on any atom is 0.191 e. The van der Waals surface area contributed by atoms with Crippen LogP contribution in [0, 0.1) is 0 Å². The number of aliphatic imine (C=N–C) groups is 1. The van der Waals surface area contributed by atoms with Crippen molar-refractivity contribution in [3.8, 4) is 0 Å². The molecule has 3 rings (SSSR count). The average Bonchev–Trinajstić information content (AvgIpc) is 3.23. The number of nitrogens with zero attached hydrogens (tertiary/aromatic N) is 4. The molecule has 0 saturated carbocycles. The van der Waals surface area contributed by atoms with Crippen LogP contribution in [-0.2, 0) is 19.5 Å². The van der Waals surface area contributed by atoms with Crippen LogP contribution in [-0.4, -0.2) is 33.8 Å². The molecular formula is C18H28N6S. The zero-order valence-corrected chi connectivity index (χ0v) is 16.0. The molecule has 6 nitrogen and oxygen atoms in total. The Kier molecular flexibility index (Phi) is 6.44. The van der Waals surface area contributed by atoms with Crippen molar-refractivity contribution in [3.63, 3.8) is 0 Å². The Labute approximate surface area is 153 Å². The van der Waals surface area contributed by atoms with Crippen molar-refractivity contribution in [2.75, 3.05) is 13.1 Å². The van der Waals surface area contributed by atoms with E-state index < -0.39 is 0 Å². The molecule has 1 unspecified atom stereocenters. The Morgan fingerprint density at radius 3 is 3.04 bits per heavy atom. The molecule has 7 heteroatoms. The van der Waals surface area contributed by atoms with Crippen molar-refractivity contribution in [3.05, 3.63) is 34.0 Å². The van der Waals surface area contributed by atoms with Crippen LogP contribution in [0.15, 0.2) is 21.8 Å². The van der Waals surface area contributed by atoms with Gasteiger partial charge >= 0.3 is 0 Å². The molecule has 3 heterocycles. The molecule has 1 aliphatic rings. The van der Waals surface area contributed by atoms with Crippen LogP contribution in [0.4, 0.5) is 0 Å². The maximum absolute atomic E-state index is 4.72. The predicted octanol–water partition coefficient (Wildman–Crippen LogP) is 2.92. The van der Waals surface area contributed by atoms with E-state index >= 15 is 0 Å². The highest BCUT2D eigenvalue weighted by atomic mass is 32.1. The number of hydrogen-bond donors (Lipinski definition) is 2. The summed E-state index contributed by atoms with van der Waals surface area (Å²) < 4.78 is 2.26. The minimum atomic E-state index is 0.458. The van der Waals surface area contributed by atoms with E-state index in [9.17, 15) is 0 Å². The van der Waals surface area contributed by atoms with Crippen LogP contribution >= 0.6 is 11.3 Å². The first kappa shape index (κ1) is 17.9. The molecular weight excluding hydrogens is 332 g/mol. The van der Waals surface area contributed by atoms with Crippen molar-refractivity contribution < 1.29 is 0 Å². The number of fused-ring (bicyclic) bond motifs is 1. The van der Waals surface area contributed by atoms with Crippen molar-refractivity contribution in [2.45, 2.75) is 58.5 Å². The highest BCUT2D eigenvalue weighted by molar-refractivity contribution is 7.07. The van der Waals surface area contributed by atoms with Crippen molar-refractivity contribution in [1.82, 2.24) is 25.4 Å². The van der Waals surface area contributed by atoms with Gasteiger partial charge in [-0.3, -0.25) is 0 Å². The average molecular weight is 361 g/mol. The first-order valence-corrected chi connectivity index (χ1v) is 10.2. The Morgan fingerprint density at radius 1 is 1.32 bits per heavy atom. The van der Waals surface area contributed by atoms with Crippen LogP contribution in [0.1, 0.15) is 56.2 Å². The Bertz CT molecular complexity index is 676. The van der Waals surface area contributed by atoms with Gasteiger partial charge in [-0.25, -0.2) is 4.99 Å². The van der Waals surface area contributed by atoms with E-state index in [1.165, 1.54) is 24.8 Å². The van der Waals surface area contributed by atoms with Crippen LogP contribution < -0.4 is 10.6 Å². The monoisotopic (exact) mass is 360 g/mol. The molecule has 0 fully saturated rings. The van der Waals surface area contributed by atoms with E-state index in [1.807, 2.05) is 0 Å². The van der Waals surface area contributed by atoms with E-state index in [0.717, 1.165) is 43.7 Å². The predicted molar refractivity (Wildman–Crippen MR) is 103 cm³/mol. The number of hydrogen-bond acceptors (Lipinski definition) is 4. The molecule has 0 amide bonds. The third-order valence-electron chi connectivity index (χ3n) is 4.60. The van der Waals surface area contributed by atoms with E-state index in [-0.39, 0.29) is 0 Å². The third-order valence-corrected chi connectivity index (χ3v) is 5.30. The first-order chi connectivity index (χ1) is 12.3. The number of nitrogens with one attached hydrogen (secondary N) is 2. The standard InChI is InChI=1S/C18H28N6S/c1-3-19-18(20-11-14(2)15-8-10-25-13-15)21-12-17-23-22-16-7-5-4-6-9-24(16)17/h8,10,13-14H,3-7,9,11-12H2,1-2H3,(H2,19,20,21). The summed E-state index contributed by atoms with van der Waals surface area (Å²) in [7, 11) is 0. The van der Waals surface area contributed by atoms with Gasteiger partial charge in [-0.1, -0.05) is 13.3 Å². The molecule has 0 bridgehead atoms. The lowest BCUT2D eigenvalue weighted by molar-refractivity contribution is 0.605. The van der Waals surface area contributed by atoms with Crippen LogP contribution in [0.25, 0.3) is 0 Å². The maximum atomic E-state index is 4.72. The number of aromatic nitrogens is 3. The number of aryl methyl sites for hydroxylation is 1. The summed E-state index contributed by atoms with van der Waals surface area (Å²) in [5.41, 5.74) is 1.37. The van der Waals surface area contributed by atoms with Gasteiger partial charge in [0.1, 0.15) is 12.4 Å². The summed E-state index contributed by atoms with van der Waals surface area (Å²) in [6.45, 7) is 7.61. The number of rotatable bonds is 6. The van der Waals surface area contributed by atoms with Gasteiger partial charge in [0.15, 0.2) is 11.8 Å². The number of guanidine groups is 1. The second kappa shape index (κ2) is 8.99. The van der Waals surface area contributed by atoms with Gasteiger partial charge in [0.2, 0.25) is 0 Å². The SMILES string of the molecule is CCNC(=NCc1nnc2n1CCCCC2)NCC(C)c1ccsc1. The van der Waals surface area contributed by atoms with Gasteiger partial charge in [-0.2, -0.15) is 11.3 Å². The van der Waals surface area contributed by atoms with Crippen molar-refractivity contribution >= 4 is 17.3 Å². The summed E-state index contributed by atoms with van der Waals surface area (Å²) in [6.07, 6.45) is 4.73. The van der Waals surface area contributed by atoms with Crippen molar-refractivity contribution in [2.24, 2.45) is 4.99 Å². The van der Waals surface area contributed by atoms with E-state index in [1.54, 1.807) is 11.3 Å². The summed E-state index contributed by atoms with van der Waals surface area (Å²) in [6, 6.07) is 2.19. The molecule has 1 atom stereocenters. The van der Waals surface area contributed by atoms with Crippen LogP contribution in [0.3, 0.4) is 0 Å². The Balaban J connectivity index is 1.61. The van der Waals surface area contributed by atoms with Crippen LogP contribution in [0.2, 0.25) is 0 Å². The van der Waals surface area contributed by atoms with Gasteiger partial charge in [-0.05, 0) is 48.1 Å². The highest BCUT2D eigenvalue weighted by Crippen LogP contribution is 2.17. The first-order valence-electron chi connectivity index (χ1n) is 9.23. The molecule has 25 heavy (non-hydrogen) atoms. The molecule has 1 aliphatic heterocycles. The second-order valence-electron chi connectivity index (χ2n) is 6.53. The minimum absolute atomic E-state index is 0.458. The van der Waals surface area contributed by atoms with Gasteiger partial charge in [0.05, 0.1) is 0 Å². The van der Waals surface area contributed by atoms with Crippen LogP contribution in [0.5, 0.6) is 0 Å². The van der Waals surface area contributed by atoms with Gasteiger partial charge in [0, 0.05) is 26.1 Å². The normalized spacial score (nSPS) is 16.2. The molecule has 0 aliphatic carbocycles. The van der Waals surface area contributed by atoms with E-state index in [4.69, 9.17) is 4.99 Å². The fourth-order valence-corrected chi connectivity index (χ4v) is 3.86. The second-order valence-corrected chi connectivity index (χ2v) is 7.31. The van der Waals surface area contributed by atoms with E-state index in [2.05, 4.69) is 56.1 Å².